The molecule has 1 N–H and O–H groups in total. The summed E-state index contributed by atoms with van der Waals surface area (Å²) < 4.78 is 99.0. The van der Waals surface area contributed by atoms with E-state index < -0.39 is 41.4 Å². The summed E-state index contributed by atoms with van der Waals surface area (Å²) in [5.74, 6) is 0.377. The third-order valence-electron chi connectivity index (χ3n) is 4.66. The van der Waals surface area contributed by atoms with Crippen LogP contribution in [0.15, 0.2) is 81.7 Å². The number of sulfone groups is 1. The van der Waals surface area contributed by atoms with Crippen LogP contribution in [-0.4, -0.2) is 35.5 Å². The second-order valence-corrected chi connectivity index (χ2v) is 10.5. The van der Waals surface area contributed by atoms with Gasteiger partial charge in [-0.05, 0) is 60.5 Å². The lowest BCUT2D eigenvalue weighted by molar-refractivity contribution is -0.139. The highest BCUT2D eigenvalue weighted by molar-refractivity contribution is 7.91. The number of methoxy groups -OCH3 is 1. The van der Waals surface area contributed by atoms with Crippen LogP contribution in [0.5, 0.6) is 5.75 Å². The third kappa shape index (κ3) is 5.70. The Labute approximate surface area is 189 Å². The van der Waals surface area contributed by atoms with Gasteiger partial charge in [-0.1, -0.05) is 6.07 Å². The van der Waals surface area contributed by atoms with Crippen molar-refractivity contribution in [1.29, 1.82) is 0 Å². The standard InChI is InChI=1S/C21H19F3N2O5S2/c1-31-16-4-6-17(7-5-16)32(27,28)18-8-9-19(21(22,23)24)20(13-18)33(29,30)26-12-10-15-3-2-11-25-14-15/h2-9,11,13-14,26H,10,12H2,1H3. The van der Waals surface area contributed by atoms with Crippen LogP contribution in [0.3, 0.4) is 0 Å². The van der Waals surface area contributed by atoms with Gasteiger partial charge in [0, 0.05) is 18.9 Å². The smallest absolute Gasteiger partial charge is 0.417 e. The van der Waals surface area contributed by atoms with E-state index in [1.54, 1.807) is 12.1 Å². The Kier molecular flexibility index (Phi) is 7.10. The Hall–Kier alpha value is -2.96. The Bertz CT molecular complexity index is 1330. The fourth-order valence-corrected chi connectivity index (χ4v) is 5.61. The van der Waals surface area contributed by atoms with Gasteiger partial charge < -0.3 is 4.74 Å². The maximum atomic E-state index is 13.5. The highest BCUT2D eigenvalue weighted by atomic mass is 32.2. The van der Waals surface area contributed by atoms with Crippen molar-refractivity contribution in [2.45, 2.75) is 27.3 Å². The Morgan fingerprint density at radius 3 is 2.21 bits per heavy atom. The first-order chi connectivity index (χ1) is 15.4. The molecule has 0 amide bonds. The average Bonchev–Trinajstić information content (AvgIpc) is 2.78. The van der Waals surface area contributed by atoms with Crippen LogP contribution in [0, 0.1) is 0 Å². The highest BCUT2D eigenvalue weighted by Crippen LogP contribution is 2.36. The second kappa shape index (κ2) is 9.49. The summed E-state index contributed by atoms with van der Waals surface area (Å²) in [4.78, 5) is 1.90. The van der Waals surface area contributed by atoms with Crippen molar-refractivity contribution in [1.82, 2.24) is 9.71 Å². The van der Waals surface area contributed by atoms with Gasteiger partial charge in [-0.2, -0.15) is 13.2 Å². The van der Waals surface area contributed by atoms with E-state index in [0.717, 1.165) is 6.07 Å². The summed E-state index contributed by atoms with van der Waals surface area (Å²) in [6.07, 6.45) is -1.82. The Morgan fingerprint density at radius 2 is 1.64 bits per heavy atom. The minimum absolute atomic E-state index is 0.179. The number of pyridine rings is 1. The summed E-state index contributed by atoms with van der Waals surface area (Å²) >= 11 is 0. The molecule has 0 unspecified atom stereocenters. The molecule has 0 fully saturated rings. The molecule has 1 heterocycles. The number of benzene rings is 2. The van der Waals surface area contributed by atoms with E-state index in [2.05, 4.69) is 9.71 Å². The first-order valence-corrected chi connectivity index (χ1v) is 12.4. The van der Waals surface area contributed by atoms with E-state index in [1.165, 1.54) is 43.8 Å². The lowest BCUT2D eigenvalue weighted by Crippen LogP contribution is -2.28. The van der Waals surface area contributed by atoms with E-state index in [1.807, 2.05) is 0 Å². The number of ether oxygens (including phenoxy) is 1. The zero-order chi connectivity index (χ0) is 24.3. The average molecular weight is 501 g/mol. The quantitative estimate of drug-likeness (QED) is 0.508. The Morgan fingerprint density at radius 1 is 0.970 bits per heavy atom. The summed E-state index contributed by atoms with van der Waals surface area (Å²) in [5.41, 5.74) is -0.794. The maximum Gasteiger partial charge on any atom is 0.417 e. The summed E-state index contributed by atoms with van der Waals surface area (Å²) in [7, 11) is -7.60. The van der Waals surface area contributed by atoms with Crippen molar-refractivity contribution in [3.8, 4) is 5.75 Å². The molecule has 0 saturated heterocycles. The molecular weight excluding hydrogens is 481 g/mol. The fraction of sp³-hybridized carbons (Fsp3) is 0.190. The monoisotopic (exact) mass is 500 g/mol. The van der Waals surface area contributed by atoms with Gasteiger partial charge in [-0.3, -0.25) is 4.98 Å². The number of nitrogens with zero attached hydrogens (tertiary/aromatic N) is 1. The van der Waals surface area contributed by atoms with Crippen LogP contribution in [0.2, 0.25) is 0 Å². The molecule has 12 heteroatoms. The molecule has 2 aromatic carbocycles. The number of aromatic nitrogens is 1. The number of alkyl halides is 3. The molecule has 0 aliphatic heterocycles. The number of sulfonamides is 1. The minimum Gasteiger partial charge on any atom is -0.497 e. The van der Waals surface area contributed by atoms with Crippen LogP contribution in [-0.2, 0) is 32.5 Å². The number of halogens is 3. The molecule has 1 aromatic heterocycles. The van der Waals surface area contributed by atoms with Crippen molar-refractivity contribution < 1.29 is 34.7 Å². The largest absolute Gasteiger partial charge is 0.497 e. The number of hydrogen-bond acceptors (Lipinski definition) is 6. The molecule has 0 aliphatic carbocycles. The van der Waals surface area contributed by atoms with Crippen molar-refractivity contribution in [2.24, 2.45) is 0 Å². The first kappa shape index (κ1) is 24.7. The zero-order valence-corrected chi connectivity index (χ0v) is 18.8. The maximum absolute atomic E-state index is 13.5. The molecule has 0 aliphatic rings. The van der Waals surface area contributed by atoms with E-state index in [0.29, 0.717) is 23.4 Å². The molecule has 0 bridgehead atoms. The Balaban J connectivity index is 1.99. The van der Waals surface area contributed by atoms with Crippen LogP contribution < -0.4 is 9.46 Å². The van der Waals surface area contributed by atoms with Crippen LogP contribution in [0.4, 0.5) is 13.2 Å². The first-order valence-electron chi connectivity index (χ1n) is 9.44. The summed E-state index contributed by atoms with van der Waals surface area (Å²) in [6.45, 7) is -0.208. The van der Waals surface area contributed by atoms with Gasteiger partial charge in [0.25, 0.3) is 0 Å². The summed E-state index contributed by atoms with van der Waals surface area (Å²) in [5, 5.41) is 0. The summed E-state index contributed by atoms with van der Waals surface area (Å²) in [6, 6.07) is 10.2. The predicted octanol–water partition coefficient (Wildman–Crippen LogP) is 3.46. The van der Waals surface area contributed by atoms with Crippen molar-refractivity contribution >= 4 is 19.9 Å². The zero-order valence-electron chi connectivity index (χ0n) is 17.2. The molecule has 7 nitrogen and oxygen atoms in total. The fourth-order valence-electron chi connectivity index (χ4n) is 2.97. The molecule has 0 atom stereocenters. The molecule has 0 spiro atoms. The van der Waals surface area contributed by atoms with Crippen LogP contribution in [0.25, 0.3) is 0 Å². The second-order valence-electron chi connectivity index (χ2n) is 6.84. The van der Waals surface area contributed by atoms with Crippen LogP contribution >= 0.6 is 0 Å². The van der Waals surface area contributed by atoms with Gasteiger partial charge in [0.15, 0.2) is 0 Å². The van der Waals surface area contributed by atoms with Crippen molar-refractivity contribution in [3.63, 3.8) is 0 Å². The molecule has 33 heavy (non-hydrogen) atoms. The van der Waals surface area contributed by atoms with E-state index in [-0.39, 0.29) is 17.9 Å². The third-order valence-corrected chi connectivity index (χ3v) is 7.92. The molecular formula is C21H19F3N2O5S2. The van der Waals surface area contributed by atoms with Gasteiger partial charge >= 0.3 is 6.18 Å². The molecule has 3 rings (SSSR count). The number of rotatable bonds is 8. The number of hydrogen-bond donors (Lipinski definition) is 1. The van der Waals surface area contributed by atoms with Gasteiger partial charge in [-0.15, -0.1) is 0 Å². The SMILES string of the molecule is COc1ccc(S(=O)(=O)c2ccc(C(F)(F)F)c(S(=O)(=O)NCCc3cccnc3)c2)cc1. The van der Waals surface area contributed by atoms with E-state index in [9.17, 15) is 30.0 Å². The highest BCUT2D eigenvalue weighted by Gasteiger charge is 2.38. The lowest BCUT2D eigenvalue weighted by atomic mass is 10.2. The van der Waals surface area contributed by atoms with Crippen molar-refractivity contribution in [3.05, 3.63) is 78.1 Å². The van der Waals surface area contributed by atoms with Crippen LogP contribution in [0.1, 0.15) is 11.1 Å². The molecule has 0 saturated carbocycles. The topological polar surface area (TPSA) is 102 Å². The van der Waals surface area contributed by atoms with E-state index >= 15 is 0 Å². The van der Waals surface area contributed by atoms with Gasteiger partial charge in [-0.25, -0.2) is 21.6 Å². The minimum atomic E-state index is -5.02. The number of nitrogens with one attached hydrogen (secondary N) is 1. The molecule has 176 valence electrons. The predicted molar refractivity (Wildman–Crippen MR) is 113 cm³/mol. The van der Waals surface area contributed by atoms with E-state index in [4.69, 9.17) is 4.74 Å². The van der Waals surface area contributed by atoms with Crippen molar-refractivity contribution in [2.75, 3.05) is 13.7 Å². The van der Waals surface area contributed by atoms with Gasteiger partial charge in [0.2, 0.25) is 19.9 Å². The van der Waals surface area contributed by atoms with Gasteiger partial charge in [0.1, 0.15) is 5.75 Å². The van der Waals surface area contributed by atoms with Gasteiger partial charge in [0.05, 0.1) is 27.4 Å². The molecule has 3 aromatic rings. The lowest BCUT2D eigenvalue weighted by Gasteiger charge is -2.16. The normalized spacial score (nSPS) is 12.5. The molecule has 0 radical (unpaired) electrons.